The van der Waals surface area contributed by atoms with Crippen molar-refractivity contribution in [3.8, 4) is 11.5 Å². The second-order valence-electron chi connectivity index (χ2n) is 6.66. The number of ether oxygens (including phenoxy) is 1. The fraction of sp³-hybridized carbons (Fsp3) is 0.261. The Hall–Kier alpha value is -2.86. The molecule has 2 rings (SSSR count). The van der Waals surface area contributed by atoms with Crippen molar-refractivity contribution in [3.05, 3.63) is 70.8 Å². The minimum absolute atomic E-state index is 0.0256. The van der Waals surface area contributed by atoms with Crippen molar-refractivity contribution >= 4 is 28.1 Å². The second kappa shape index (κ2) is 10.1. The highest BCUT2D eigenvalue weighted by Gasteiger charge is 2.11. The van der Waals surface area contributed by atoms with Crippen LogP contribution in [0.15, 0.2) is 48.6 Å². The lowest BCUT2D eigenvalue weighted by molar-refractivity contribution is -0.110. The summed E-state index contributed by atoms with van der Waals surface area (Å²) >= 11 is 0. The minimum atomic E-state index is -3.57. The molecule has 0 aliphatic rings. The van der Waals surface area contributed by atoms with Gasteiger partial charge in [-0.3, -0.25) is 4.79 Å². The molecule has 0 heterocycles. The maximum atomic E-state index is 12.2. The molecular weight excluding hydrogens is 388 g/mol. The van der Waals surface area contributed by atoms with Crippen molar-refractivity contribution in [2.24, 2.45) is 0 Å². The van der Waals surface area contributed by atoms with Gasteiger partial charge in [0.15, 0.2) is 5.78 Å². The Morgan fingerprint density at radius 3 is 1.93 bits per heavy atom. The van der Waals surface area contributed by atoms with Gasteiger partial charge in [0, 0.05) is 0 Å². The van der Waals surface area contributed by atoms with Crippen molar-refractivity contribution in [2.45, 2.75) is 27.2 Å². The Morgan fingerprint density at radius 1 is 0.931 bits per heavy atom. The Kier molecular flexibility index (Phi) is 7.79. The SMILES string of the molecule is CCCS(=O)(=O)Oc1ccc(/C=C/C(=O)/C=C/c2ccc(OC)cc2C)c(C)c1. The van der Waals surface area contributed by atoms with Crippen LogP contribution in [0.5, 0.6) is 11.5 Å². The Bertz CT molecular complexity index is 1030. The van der Waals surface area contributed by atoms with Crippen LogP contribution in [-0.4, -0.2) is 27.1 Å². The van der Waals surface area contributed by atoms with Gasteiger partial charge in [-0.25, -0.2) is 0 Å². The van der Waals surface area contributed by atoms with Crippen molar-refractivity contribution < 1.29 is 22.1 Å². The zero-order valence-corrected chi connectivity index (χ0v) is 18.0. The molecule has 0 unspecified atom stereocenters. The van der Waals surface area contributed by atoms with Crippen LogP contribution in [-0.2, 0) is 14.9 Å². The molecule has 0 saturated carbocycles. The molecule has 5 nitrogen and oxygen atoms in total. The Labute approximate surface area is 172 Å². The van der Waals surface area contributed by atoms with Crippen LogP contribution < -0.4 is 8.92 Å². The molecule has 0 aliphatic heterocycles. The van der Waals surface area contributed by atoms with Gasteiger partial charge in [0.2, 0.25) is 0 Å². The maximum Gasteiger partial charge on any atom is 0.309 e. The van der Waals surface area contributed by atoms with Gasteiger partial charge >= 0.3 is 10.1 Å². The molecule has 29 heavy (non-hydrogen) atoms. The van der Waals surface area contributed by atoms with E-state index in [1.165, 1.54) is 12.2 Å². The molecular formula is C23H26O5S. The molecule has 0 atom stereocenters. The van der Waals surface area contributed by atoms with Gasteiger partial charge in [0.05, 0.1) is 12.9 Å². The predicted molar refractivity (Wildman–Crippen MR) is 117 cm³/mol. The number of methoxy groups -OCH3 is 1. The number of hydrogen-bond acceptors (Lipinski definition) is 5. The first kappa shape index (κ1) is 22.4. The number of allylic oxidation sites excluding steroid dienone is 2. The predicted octanol–water partition coefficient (Wildman–Crippen LogP) is 4.73. The van der Waals surface area contributed by atoms with E-state index in [-0.39, 0.29) is 17.3 Å². The topological polar surface area (TPSA) is 69.7 Å². The summed E-state index contributed by atoms with van der Waals surface area (Å²) in [7, 11) is -1.96. The number of hydrogen-bond donors (Lipinski definition) is 0. The number of ketones is 1. The Morgan fingerprint density at radius 2 is 1.45 bits per heavy atom. The summed E-state index contributed by atoms with van der Waals surface area (Å²) in [5.41, 5.74) is 3.58. The molecule has 0 bridgehead atoms. The van der Waals surface area contributed by atoms with Gasteiger partial charge in [-0.15, -0.1) is 0 Å². The van der Waals surface area contributed by atoms with E-state index in [0.29, 0.717) is 6.42 Å². The number of aryl methyl sites for hydroxylation is 2. The molecule has 2 aromatic rings. The summed E-state index contributed by atoms with van der Waals surface area (Å²) in [6, 6.07) is 10.6. The van der Waals surface area contributed by atoms with Crippen LogP contribution in [0.1, 0.15) is 35.6 Å². The monoisotopic (exact) mass is 414 g/mol. The largest absolute Gasteiger partial charge is 0.497 e. The average Bonchev–Trinajstić information content (AvgIpc) is 2.65. The first-order chi connectivity index (χ1) is 13.7. The number of benzene rings is 2. The molecule has 0 aliphatic carbocycles. The van der Waals surface area contributed by atoms with E-state index >= 15 is 0 Å². The molecule has 0 aromatic heterocycles. The van der Waals surface area contributed by atoms with E-state index in [2.05, 4.69) is 0 Å². The molecule has 154 valence electrons. The van der Waals surface area contributed by atoms with Gasteiger partial charge in [0.1, 0.15) is 11.5 Å². The maximum absolute atomic E-state index is 12.2. The fourth-order valence-corrected chi connectivity index (χ4v) is 3.67. The van der Waals surface area contributed by atoms with E-state index in [1.807, 2.05) is 32.0 Å². The smallest absolute Gasteiger partial charge is 0.309 e. The van der Waals surface area contributed by atoms with Crippen molar-refractivity contribution in [1.82, 2.24) is 0 Å². The summed E-state index contributed by atoms with van der Waals surface area (Å²) in [6.45, 7) is 5.57. The standard InChI is InChI=1S/C23H26O5S/c1-5-14-29(25,26)28-23-13-9-20(18(3)16-23)7-11-21(24)10-6-19-8-12-22(27-4)15-17(19)2/h6-13,15-16H,5,14H2,1-4H3/b10-6+,11-7+. The highest BCUT2D eigenvalue weighted by atomic mass is 32.2. The molecule has 6 heteroatoms. The van der Waals surface area contributed by atoms with E-state index in [4.69, 9.17) is 8.92 Å². The van der Waals surface area contributed by atoms with Crippen LogP contribution in [0.25, 0.3) is 12.2 Å². The highest BCUT2D eigenvalue weighted by Crippen LogP contribution is 2.21. The van der Waals surface area contributed by atoms with E-state index < -0.39 is 10.1 Å². The summed E-state index contributed by atoms with van der Waals surface area (Å²) < 4.78 is 33.8. The van der Waals surface area contributed by atoms with Gasteiger partial charge in [-0.1, -0.05) is 31.2 Å². The molecule has 0 radical (unpaired) electrons. The van der Waals surface area contributed by atoms with Crippen molar-refractivity contribution in [1.29, 1.82) is 0 Å². The van der Waals surface area contributed by atoms with Crippen molar-refractivity contribution in [2.75, 3.05) is 12.9 Å². The van der Waals surface area contributed by atoms with Gasteiger partial charge < -0.3 is 8.92 Å². The first-order valence-corrected chi connectivity index (χ1v) is 10.9. The van der Waals surface area contributed by atoms with Crippen LogP contribution >= 0.6 is 0 Å². The molecule has 0 fully saturated rings. The molecule has 0 saturated heterocycles. The lowest BCUT2D eigenvalue weighted by Gasteiger charge is -2.08. The van der Waals surface area contributed by atoms with Crippen LogP contribution in [0.4, 0.5) is 0 Å². The number of carbonyl (C=O) groups excluding carboxylic acids is 1. The lowest BCUT2D eigenvalue weighted by Crippen LogP contribution is -2.13. The molecule has 0 N–H and O–H groups in total. The normalized spacial score (nSPS) is 11.9. The summed E-state index contributed by atoms with van der Waals surface area (Å²) in [5.74, 6) is 0.874. The molecule has 2 aromatic carbocycles. The highest BCUT2D eigenvalue weighted by molar-refractivity contribution is 7.87. The van der Waals surface area contributed by atoms with Gasteiger partial charge in [0.25, 0.3) is 0 Å². The summed E-state index contributed by atoms with van der Waals surface area (Å²) in [4.78, 5) is 12.2. The van der Waals surface area contributed by atoms with E-state index in [1.54, 1.807) is 44.4 Å². The average molecular weight is 415 g/mol. The quantitative estimate of drug-likeness (QED) is 0.438. The van der Waals surface area contributed by atoms with Crippen LogP contribution in [0.2, 0.25) is 0 Å². The third-order valence-electron chi connectivity index (χ3n) is 4.25. The van der Waals surface area contributed by atoms with E-state index in [9.17, 15) is 13.2 Å². The minimum Gasteiger partial charge on any atom is -0.497 e. The molecule has 0 amide bonds. The van der Waals surface area contributed by atoms with Gasteiger partial charge in [-0.2, -0.15) is 8.42 Å². The lowest BCUT2D eigenvalue weighted by atomic mass is 10.1. The number of carbonyl (C=O) groups is 1. The van der Waals surface area contributed by atoms with Crippen LogP contribution in [0.3, 0.4) is 0 Å². The first-order valence-electron chi connectivity index (χ1n) is 9.31. The molecule has 0 spiro atoms. The Balaban J connectivity index is 2.06. The van der Waals surface area contributed by atoms with Crippen LogP contribution in [0, 0.1) is 13.8 Å². The second-order valence-corrected chi connectivity index (χ2v) is 8.35. The van der Waals surface area contributed by atoms with E-state index in [0.717, 1.165) is 28.0 Å². The van der Waals surface area contributed by atoms with Crippen molar-refractivity contribution in [3.63, 3.8) is 0 Å². The zero-order chi connectivity index (χ0) is 21.4. The summed E-state index contributed by atoms with van der Waals surface area (Å²) in [6.07, 6.45) is 6.95. The number of rotatable bonds is 9. The fourth-order valence-electron chi connectivity index (χ4n) is 2.69. The van der Waals surface area contributed by atoms with Gasteiger partial charge in [-0.05, 0) is 78.9 Å². The third-order valence-corrected chi connectivity index (χ3v) is 5.60. The summed E-state index contributed by atoms with van der Waals surface area (Å²) in [5, 5.41) is 0. The third kappa shape index (κ3) is 6.91. The zero-order valence-electron chi connectivity index (χ0n) is 17.1.